The molecule has 0 fully saturated rings. The number of esters is 2. The molecule has 0 saturated heterocycles. The number of hydrogen-bond donors (Lipinski definition) is 1. The fourth-order valence-electron chi connectivity index (χ4n) is 2.75. The van der Waals surface area contributed by atoms with Crippen molar-refractivity contribution >= 4 is 36.0 Å². The summed E-state index contributed by atoms with van der Waals surface area (Å²) in [5, 5.41) is 2.49. The Hall–Kier alpha value is -2.56. The summed E-state index contributed by atoms with van der Waals surface area (Å²) in [4.78, 5) is 35.4. The second kappa shape index (κ2) is 14.9. The van der Waals surface area contributed by atoms with Crippen LogP contribution in [0, 0.1) is 11.3 Å². The average Bonchev–Trinajstić information content (AvgIpc) is 2.78. The number of carbonyl (C=O) groups excluding carboxylic acids is 3. The van der Waals surface area contributed by atoms with Crippen LogP contribution in [0.2, 0.25) is 0 Å². The van der Waals surface area contributed by atoms with Gasteiger partial charge in [0.15, 0.2) is 5.75 Å². The number of amides is 1. The summed E-state index contributed by atoms with van der Waals surface area (Å²) in [6.45, 7) is 6.87. The Balaban J connectivity index is 2.89. The number of carbonyl (C=O) groups is 3. The number of hydrogen-bond acceptors (Lipinski definition) is 10. The standard InChI is InChI=1S/C23H34NO10PS/c1-17(2)21(26)31-13-14-32-22(27)20(35(28)34-19-10-7-6-8-11-19)23(4,5)16-33-36(29,30)15-9-12-24-18(3)25/h6-8,10-11,17,20H,9,12-16H2,1-5H3/p+1/t20-/m0/s1. The van der Waals surface area contributed by atoms with Crippen LogP contribution in [0.15, 0.2) is 30.3 Å². The molecule has 0 aromatic heterocycles. The van der Waals surface area contributed by atoms with Crippen molar-refractivity contribution in [1.29, 1.82) is 0 Å². The largest absolute Gasteiger partial charge is 0.572 e. The van der Waals surface area contributed by atoms with Crippen LogP contribution in [0.5, 0.6) is 5.75 Å². The SMILES string of the molecule is CC(=O)NCCCS(=O)(=O)OCC(C)(C)[C@H](C(=O)OCCOC(=O)C(C)C)[P+](=O)Oc1ccccc1. The molecule has 1 rings (SSSR count). The van der Waals surface area contributed by atoms with Gasteiger partial charge in [0.1, 0.15) is 13.2 Å². The number of rotatable bonds is 16. The Morgan fingerprint density at radius 1 is 1.03 bits per heavy atom. The maximum Gasteiger partial charge on any atom is 0.572 e. The zero-order valence-corrected chi connectivity index (χ0v) is 22.9. The Bertz CT molecular complexity index is 995. The lowest BCUT2D eigenvalue weighted by molar-refractivity contribution is -0.155. The average molecular weight is 549 g/mol. The molecule has 0 spiro atoms. The number of ether oxygens (including phenoxy) is 2. The summed E-state index contributed by atoms with van der Waals surface area (Å²) in [6, 6.07) is 8.18. The van der Waals surface area contributed by atoms with E-state index >= 15 is 0 Å². The van der Waals surface area contributed by atoms with Crippen molar-refractivity contribution in [2.75, 3.05) is 32.1 Å². The van der Waals surface area contributed by atoms with Crippen molar-refractivity contribution in [1.82, 2.24) is 5.32 Å². The molecule has 0 aliphatic rings. The predicted octanol–water partition coefficient (Wildman–Crippen LogP) is 2.82. The van der Waals surface area contributed by atoms with Gasteiger partial charge in [0, 0.05) is 13.5 Å². The Kier molecular flexibility index (Phi) is 13.0. The highest BCUT2D eigenvalue weighted by Gasteiger charge is 2.54. The van der Waals surface area contributed by atoms with Crippen molar-refractivity contribution in [3.05, 3.63) is 30.3 Å². The lowest BCUT2D eigenvalue weighted by Crippen LogP contribution is -2.40. The molecule has 36 heavy (non-hydrogen) atoms. The van der Waals surface area contributed by atoms with Gasteiger partial charge in [-0.25, -0.2) is 4.79 Å². The minimum absolute atomic E-state index is 0.133. The molecular weight excluding hydrogens is 513 g/mol. The lowest BCUT2D eigenvalue weighted by Gasteiger charge is -2.24. The van der Waals surface area contributed by atoms with Crippen LogP contribution in [-0.2, 0) is 42.7 Å². The second-order valence-electron chi connectivity index (χ2n) is 8.93. The third kappa shape index (κ3) is 11.9. The third-order valence-corrected chi connectivity index (χ3v) is 7.70. The fraction of sp³-hybridized carbons (Fsp3) is 0.609. The summed E-state index contributed by atoms with van der Waals surface area (Å²) in [5.74, 6) is -2.10. The van der Waals surface area contributed by atoms with E-state index in [0.29, 0.717) is 0 Å². The van der Waals surface area contributed by atoms with E-state index in [2.05, 4.69) is 5.32 Å². The van der Waals surface area contributed by atoms with E-state index in [1.807, 2.05) is 0 Å². The van der Waals surface area contributed by atoms with E-state index in [4.69, 9.17) is 18.2 Å². The first-order chi connectivity index (χ1) is 16.7. The van der Waals surface area contributed by atoms with Gasteiger partial charge in [0.25, 0.3) is 15.8 Å². The van der Waals surface area contributed by atoms with Gasteiger partial charge in [-0.1, -0.05) is 45.9 Å². The van der Waals surface area contributed by atoms with E-state index in [-0.39, 0.29) is 49.5 Å². The summed E-state index contributed by atoms with van der Waals surface area (Å²) < 4.78 is 58.5. The monoisotopic (exact) mass is 548 g/mol. The van der Waals surface area contributed by atoms with Gasteiger partial charge in [-0.3, -0.25) is 18.3 Å². The minimum atomic E-state index is -3.99. The smallest absolute Gasteiger partial charge is 0.462 e. The van der Waals surface area contributed by atoms with Gasteiger partial charge < -0.3 is 14.8 Å². The minimum Gasteiger partial charge on any atom is -0.462 e. The van der Waals surface area contributed by atoms with Crippen LogP contribution in [0.4, 0.5) is 0 Å². The summed E-state index contributed by atoms with van der Waals surface area (Å²) >= 11 is 0. The molecule has 0 radical (unpaired) electrons. The van der Waals surface area contributed by atoms with Crippen LogP contribution in [0.1, 0.15) is 41.0 Å². The molecule has 0 saturated carbocycles. The van der Waals surface area contributed by atoms with E-state index in [1.54, 1.807) is 44.2 Å². The molecule has 0 heterocycles. The highest BCUT2D eigenvalue weighted by atomic mass is 32.2. The van der Waals surface area contributed by atoms with Gasteiger partial charge in [-0.15, -0.1) is 0 Å². The van der Waals surface area contributed by atoms with Crippen LogP contribution >= 0.6 is 8.03 Å². The van der Waals surface area contributed by atoms with E-state index in [9.17, 15) is 27.4 Å². The fourth-order valence-corrected chi connectivity index (χ4v) is 5.18. The predicted molar refractivity (Wildman–Crippen MR) is 132 cm³/mol. The van der Waals surface area contributed by atoms with Crippen molar-refractivity contribution in [3.63, 3.8) is 0 Å². The van der Waals surface area contributed by atoms with Gasteiger partial charge >= 0.3 is 20.0 Å². The first-order valence-corrected chi connectivity index (χ1v) is 14.2. The summed E-state index contributed by atoms with van der Waals surface area (Å²) in [5.41, 5.74) is -2.69. The summed E-state index contributed by atoms with van der Waals surface area (Å²) in [6.07, 6.45) is 0.133. The van der Waals surface area contributed by atoms with Gasteiger partial charge in [-0.2, -0.15) is 8.42 Å². The molecule has 0 aliphatic heterocycles. The normalized spacial score (nSPS) is 13.0. The van der Waals surface area contributed by atoms with Gasteiger partial charge in [-0.05, 0) is 23.1 Å². The highest BCUT2D eigenvalue weighted by molar-refractivity contribution is 7.86. The van der Waals surface area contributed by atoms with E-state index in [0.717, 1.165) is 0 Å². The molecule has 1 aromatic carbocycles. The quantitative estimate of drug-likeness (QED) is 0.141. The van der Waals surface area contributed by atoms with Crippen molar-refractivity contribution in [2.24, 2.45) is 11.3 Å². The molecule has 0 aliphatic carbocycles. The molecule has 202 valence electrons. The van der Waals surface area contributed by atoms with E-state index < -0.39 is 47.8 Å². The zero-order valence-electron chi connectivity index (χ0n) is 21.2. The molecule has 1 aromatic rings. The second-order valence-corrected chi connectivity index (χ2v) is 12.0. The van der Waals surface area contributed by atoms with Crippen LogP contribution in [-0.4, -0.2) is 64.0 Å². The van der Waals surface area contributed by atoms with Gasteiger partial charge in [0.2, 0.25) is 5.91 Å². The van der Waals surface area contributed by atoms with Crippen molar-refractivity contribution < 1.29 is 45.5 Å². The molecule has 2 atom stereocenters. The zero-order chi connectivity index (χ0) is 27.4. The molecule has 0 bridgehead atoms. The molecule has 1 N–H and O–H groups in total. The maximum absolute atomic E-state index is 13.1. The first kappa shape index (κ1) is 31.5. The van der Waals surface area contributed by atoms with E-state index in [1.165, 1.54) is 20.8 Å². The Morgan fingerprint density at radius 2 is 1.61 bits per heavy atom. The maximum atomic E-state index is 13.1. The number of para-hydroxylation sites is 1. The first-order valence-electron chi connectivity index (χ1n) is 11.4. The topological polar surface area (TPSA) is 151 Å². The molecule has 11 nitrogen and oxygen atoms in total. The van der Waals surface area contributed by atoms with Crippen LogP contribution < -0.4 is 9.84 Å². The van der Waals surface area contributed by atoms with Crippen LogP contribution in [0.3, 0.4) is 0 Å². The highest BCUT2D eigenvalue weighted by Crippen LogP contribution is 2.43. The molecule has 1 unspecified atom stereocenters. The number of nitrogens with one attached hydrogen (secondary N) is 1. The Labute approximate surface area is 213 Å². The van der Waals surface area contributed by atoms with Gasteiger partial charge in [0.05, 0.1) is 23.7 Å². The molecule has 1 amide bonds. The van der Waals surface area contributed by atoms with Crippen molar-refractivity contribution in [3.8, 4) is 5.75 Å². The lowest BCUT2D eigenvalue weighted by atomic mass is 9.90. The van der Waals surface area contributed by atoms with Crippen LogP contribution in [0.25, 0.3) is 0 Å². The molecular formula is C23H35NO10PS+. The number of benzene rings is 1. The third-order valence-electron chi connectivity index (χ3n) is 4.71. The summed E-state index contributed by atoms with van der Waals surface area (Å²) in [7, 11) is -6.71. The molecule has 13 heteroatoms. The van der Waals surface area contributed by atoms with Crippen molar-refractivity contribution in [2.45, 2.75) is 46.7 Å². The Morgan fingerprint density at radius 3 is 2.17 bits per heavy atom.